The van der Waals surface area contributed by atoms with Gasteiger partial charge in [0.25, 0.3) is 0 Å². The minimum atomic E-state index is -0.592. The minimum absolute atomic E-state index is 0.368. The number of carbonyl (C=O) groups excluding carboxylic acids is 2. The van der Waals surface area contributed by atoms with Crippen LogP contribution in [0.1, 0.15) is 15.9 Å². The fraction of sp³-hybridized carbons (Fsp3) is 0.0909. The predicted molar refractivity (Wildman–Crippen MR) is 53.9 cm³/mol. The van der Waals surface area contributed by atoms with Crippen molar-refractivity contribution in [3.8, 4) is 0 Å². The molecule has 0 atom stereocenters. The highest BCUT2D eigenvalue weighted by atomic mass is 16.2. The summed E-state index contributed by atoms with van der Waals surface area (Å²) in [7, 11) is 0. The summed E-state index contributed by atoms with van der Waals surface area (Å²) in [5.74, 6) is -1.13. The Kier molecular flexibility index (Phi) is 3.31. The summed E-state index contributed by atoms with van der Waals surface area (Å²) in [6.45, 7) is 3.67. The topological polar surface area (TPSA) is 60.2 Å². The molecule has 0 heterocycles. The molecule has 0 aliphatic carbocycles. The number of benzene rings is 1. The molecular formula is C11H11NO2. The van der Waals surface area contributed by atoms with Crippen molar-refractivity contribution in [1.29, 1.82) is 0 Å². The number of ketones is 2. The number of hydrogen-bond donors (Lipinski definition) is 1. The van der Waals surface area contributed by atoms with Crippen molar-refractivity contribution >= 4 is 11.6 Å². The molecule has 0 unspecified atom stereocenters. The Bertz CT molecular complexity index is 365. The maximum Gasteiger partial charge on any atom is 0.232 e. The Hall–Kier alpha value is -1.74. The lowest BCUT2D eigenvalue weighted by Gasteiger charge is -1.98. The van der Waals surface area contributed by atoms with Crippen molar-refractivity contribution in [2.24, 2.45) is 5.73 Å². The molecule has 0 saturated heterocycles. The molecule has 72 valence electrons. The quantitative estimate of drug-likeness (QED) is 0.438. The molecule has 0 bridgehead atoms. The first-order valence-corrected chi connectivity index (χ1v) is 4.19. The van der Waals surface area contributed by atoms with Crippen LogP contribution in [0.5, 0.6) is 0 Å². The van der Waals surface area contributed by atoms with Crippen LogP contribution in [0.15, 0.2) is 36.9 Å². The predicted octanol–water partition coefficient (Wildman–Crippen LogP) is 1.08. The van der Waals surface area contributed by atoms with Gasteiger partial charge < -0.3 is 5.73 Å². The van der Waals surface area contributed by atoms with Crippen LogP contribution in [-0.2, 0) is 11.3 Å². The second-order valence-electron chi connectivity index (χ2n) is 2.80. The van der Waals surface area contributed by atoms with E-state index in [4.69, 9.17) is 5.73 Å². The average Bonchev–Trinajstić information content (AvgIpc) is 2.27. The lowest BCUT2D eigenvalue weighted by atomic mass is 10.1. The molecule has 0 amide bonds. The SMILES string of the molecule is C=CC(=O)C(=O)c1ccc(CN)cc1. The van der Waals surface area contributed by atoms with Crippen LogP contribution in [0.2, 0.25) is 0 Å². The van der Waals surface area contributed by atoms with Crippen LogP contribution in [0.3, 0.4) is 0 Å². The summed E-state index contributed by atoms with van der Waals surface area (Å²) >= 11 is 0. The molecule has 0 spiro atoms. The number of hydrogen-bond acceptors (Lipinski definition) is 3. The molecule has 0 radical (unpaired) electrons. The lowest BCUT2D eigenvalue weighted by Crippen LogP contribution is -2.10. The van der Waals surface area contributed by atoms with E-state index in [2.05, 4.69) is 6.58 Å². The van der Waals surface area contributed by atoms with Gasteiger partial charge in [0.1, 0.15) is 0 Å². The van der Waals surface area contributed by atoms with E-state index in [0.717, 1.165) is 11.6 Å². The van der Waals surface area contributed by atoms with Crippen molar-refractivity contribution in [3.63, 3.8) is 0 Å². The monoisotopic (exact) mass is 189 g/mol. The Labute approximate surface area is 82.2 Å². The minimum Gasteiger partial charge on any atom is -0.326 e. The van der Waals surface area contributed by atoms with Gasteiger partial charge in [-0.05, 0) is 11.6 Å². The molecule has 0 aromatic heterocycles. The first-order valence-electron chi connectivity index (χ1n) is 4.19. The summed E-state index contributed by atoms with van der Waals surface area (Å²) in [6, 6.07) is 6.63. The fourth-order valence-corrected chi connectivity index (χ4v) is 1.03. The van der Waals surface area contributed by atoms with Gasteiger partial charge in [-0.3, -0.25) is 9.59 Å². The number of allylic oxidation sites excluding steroid dienone is 1. The van der Waals surface area contributed by atoms with Gasteiger partial charge >= 0.3 is 0 Å². The van der Waals surface area contributed by atoms with Gasteiger partial charge in [-0.1, -0.05) is 30.8 Å². The Morgan fingerprint density at radius 2 is 1.86 bits per heavy atom. The smallest absolute Gasteiger partial charge is 0.232 e. The maximum atomic E-state index is 11.3. The Morgan fingerprint density at radius 3 is 2.29 bits per heavy atom. The van der Waals surface area contributed by atoms with Gasteiger partial charge in [0.05, 0.1) is 0 Å². The first kappa shape index (κ1) is 10.3. The van der Waals surface area contributed by atoms with Crippen molar-refractivity contribution < 1.29 is 9.59 Å². The van der Waals surface area contributed by atoms with Gasteiger partial charge in [0.2, 0.25) is 11.6 Å². The molecule has 3 nitrogen and oxygen atoms in total. The third kappa shape index (κ3) is 2.14. The third-order valence-electron chi connectivity index (χ3n) is 1.86. The summed E-state index contributed by atoms with van der Waals surface area (Å²) in [5.41, 5.74) is 6.69. The number of nitrogens with two attached hydrogens (primary N) is 1. The second-order valence-corrected chi connectivity index (χ2v) is 2.80. The van der Waals surface area contributed by atoms with E-state index in [-0.39, 0.29) is 0 Å². The largest absolute Gasteiger partial charge is 0.326 e. The van der Waals surface area contributed by atoms with E-state index in [9.17, 15) is 9.59 Å². The second kappa shape index (κ2) is 4.48. The number of carbonyl (C=O) groups is 2. The van der Waals surface area contributed by atoms with Crippen LogP contribution >= 0.6 is 0 Å². The van der Waals surface area contributed by atoms with Gasteiger partial charge in [-0.2, -0.15) is 0 Å². The van der Waals surface area contributed by atoms with E-state index < -0.39 is 11.6 Å². The molecule has 1 rings (SSSR count). The van der Waals surface area contributed by atoms with E-state index >= 15 is 0 Å². The molecule has 0 aliphatic rings. The molecule has 0 aliphatic heterocycles. The molecule has 3 heteroatoms. The molecule has 2 N–H and O–H groups in total. The van der Waals surface area contributed by atoms with Crippen LogP contribution in [0.25, 0.3) is 0 Å². The lowest BCUT2D eigenvalue weighted by molar-refractivity contribution is -0.110. The van der Waals surface area contributed by atoms with E-state index in [1.54, 1.807) is 24.3 Å². The van der Waals surface area contributed by atoms with E-state index in [1.807, 2.05) is 0 Å². The van der Waals surface area contributed by atoms with E-state index in [1.165, 1.54) is 0 Å². The highest BCUT2D eigenvalue weighted by Gasteiger charge is 2.11. The number of Topliss-reactive ketones (excluding diaryl/α,β-unsaturated/α-hetero) is 1. The molecular weight excluding hydrogens is 178 g/mol. The molecule has 1 aromatic rings. The van der Waals surface area contributed by atoms with Gasteiger partial charge in [0.15, 0.2) is 0 Å². The number of rotatable bonds is 4. The molecule has 0 saturated carbocycles. The van der Waals surface area contributed by atoms with Crippen molar-refractivity contribution in [2.45, 2.75) is 6.54 Å². The molecule has 14 heavy (non-hydrogen) atoms. The van der Waals surface area contributed by atoms with Crippen molar-refractivity contribution in [1.82, 2.24) is 0 Å². The zero-order valence-corrected chi connectivity index (χ0v) is 7.69. The third-order valence-corrected chi connectivity index (χ3v) is 1.86. The van der Waals surface area contributed by atoms with Crippen LogP contribution < -0.4 is 5.73 Å². The first-order chi connectivity index (χ1) is 6.69. The van der Waals surface area contributed by atoms with Crippen molar-refractivity contribution in [2.75, 3.05) is 0 Å². The van der Waals surface area contributed by atoms with Gasteiger partial charge in [-0.15, -0.1) is 0 Å². The summed E-state index contributed by atoms with van der Waals surface area (Å²) in [6.07, 6.45) is 1.01. The van der Waals surface area contributed by atoms with Gasteiger partial charge in [-0.25, -0.2) is 0 Å². The molecule has 0 fully saturated rings. The van der Waals surface area contributed by atoms with Crippen LogP contribution in [0.4, 0.5) is 0 Å². The van der Waals surface area contributed by atoms with Crippen LogP contribution in [-0.4, -0.2) is 11.6 Å². The maximum absolute atomic E-state index is 11.3. The van der Waals surface area contributed by atoms with E-state index in [0.29, 0.717) is 12.1 Å². The zero-order chi connectivity index (χ0) is 10.6. The average molecular weight is 189 g/mol. The standard InChI is InChI=1S/C11H11NO2/c1-2-10(13)11(14)9-5-3-8(7-12)4-6-9/h2-6H,1,7,12H2. The molecule has 1 aromatic carbocycles. The summed E-state index contributed by atoms with van der Waals surface area (Å²) in [5, 5.41) is 0. The Balaban J connectivity index is 2.92. The van der Waals surface area contributed by atoms with Crippen molar-refractivity contribution in [3.05, 3.63) is 48.0 Å². The summed E-state index contributed by atoms with van der Waals surface area (Å²) in [4.78, 5) is 22.3. The van der Waals surface area contributed by atoms with Crippen LogP contribution in [0, 0.1) is 0 Å². The summed E-state index contributed by atoms with van der Waals surface area (Å²) < 4.78 is 0. The Morgan fingerprint density at radius 1 is 1.29 bits per heavy atom. The highest BCUT2D eigenvalue weighted by molar-refractivity contribution is 6.47. The normalized spacial score (nSPS) is 9.50. The van der Waals surface area contributed by atoms with Gasteiger partial charge in [0, 0.05) is 12.1 Å². The fourth-order valence-electron chi connectivity index (χ4n) is 1.03. The highest BCUT2D eigenvalue weighted by Crippen LogP contribution is 2.05. The zero-order valence-electron chi connectivity index (χ0n) is 7.69.